The quantitative estimate of drug-likeness (QED) is 0.933. The number of halogens is 1. The monoisotopic (exact) mass is 335 g/mol. The Kier molecular flexibility index (Phi) is 4.21. The number of anilines is 2. The molecular weight excluding hydrogens is 317 g/mol. The number of benzene rings is 1. The van der Waals surface area contributed by atoms with Crippen molar-refractivity contribution in [3.63, 3.8) is 0 Å². The summed E-state index contributed by atoms with van der Waals surface area (Å²) in [6.45, 7) is 3.52. The van der Waals surface area contributed by atoms with E-state index in [2.05, 4.69) is 14.6 Å². The molecule has 1 N–H and O–H groups in total. The van der Waals surface area contributed by atoms with Crippen molar-refractivity contribution >= 4 is 21.5 Å². The highest BCUT2D eigenvalue weighted by molar-refractivity contribution is 7.92. The first kappa shape index (κ1) is 15.7. The Labute approximate surface area is 135 Å². The van der Waals surface area contributed by atoms with Crippen LogP contribution in [0.3, 0.4) is 0 Å². The minimum absolute atomic E-state index is 0.0579. The second-order valence-electron chi connectivity index (χ2n) is 5.61. The van der Waals surface area contributed by atoms with Crippen LogP contribution in [0.1, 0.15) is 18.4 Å². The maximum atomic E-state index is 13.1. The Hall–Kier alpha value is -2.15. The summed E-state index contributed by atoms with van der Waals surface area (Å²) in [4.78, 5) is 6.54. The van der Waals surface area contributed by atoms with E-state index in [1.807, 2.05) is 0 Å². The lowest BCUT2D eigenvalue weighted by molar-refractivity contribution is 0.598. The van der Waals surface area contributed by atoms with Crippen molar-refractivity contribution in [2.45, 2.75) is 24.7 Å². The molecule has 2 aromatic rings. The third kappa shape index (κ3) is 3.44. The average molecular weight is 335 g/mol. The predicted octanol–water partition coefficient (Wildman–Crippen LogP) is 2.93. The highest BCUT2D eigenvalue weighted by atomic mass is 32.2. The summed E-state index contributed by atoms with van der Waals surface area (Å²) < 4.78 is 40.4. The Morgan fingerprint density at radius 3 is 2.52 bits per heavy atom. The van der Waals surface area contributed by atoms with Crippen LogP contribution in [-0.2, 0) is 10.0 Å². The fourth-order valence-corrected chi connectivity index (χ4v) is 3.98. The molecule has 1 aromatic heterocycles. The van der Waals surface area contributed by atoms with Crippen LogP contribution in [0.2, 0.25) is 0 Å². The van der Waals surface area contributed by atoms with Crippen LogP contribution in [0.15, 0.2) is 41.4 Å². The standard InChI is InChI=1S/C16H18FN3O2S/c1-12-10-13(17)4-6-15(12)23(21,22)19-14-5-7-16(18-11-14)20-8-2-3-9-20/h4-7,10-11,19H,2-3,8-9H2,1H3. The van der Waals surface area contributed by atoms with Gasteiger partial charge in [0.1, 0.15) is 11.6 Å². The largest absolute Gasteiger partial charge is 0.357 e. The summed E-state index contributed by atoms with van der Waals surface area (Å²) in [7, 11) is -3.76. The van der Waals surface area contributed by atoms with Crippen molar-refractivity contribution in [1.29, 1.82) is 0 Å². The Balaban J connectivity index is 1.80. The average Bonchev–Trinajstić information content (AvgIpc) is 3.01. The molecule has 5 nitrogen and oxygen atoms in total. The summed E-state index contributed by atoms with van der Waals surface area (Å²) in [5.41, 5.74) is 0.746. The molecule has 2 heterocycles. The van der Waals surface area contributed by atoms with E-state index in [0.717, 1.165) is 37.8 Å². The van der Waals surface area contributed by atoms with Crippen LogP contribution < -0.4 is 9.62 Å². The van der Waals surface area contributed by atoms with Gasteiger partial charge in [-0.2, -0.15) is 0 Å². The smallest absolute Gasteiger partial charge is 0.262 e. The van der Waals surface area contributed by atoms with Gasteiger partial charge in [0.25, 0.3) is 10.0 Å². The summed E-state index contributed by atoms with van der Waals surface area (Å²) >= 11 is 0. The first-order valence-corrected chi connectivity index (χ1v) is 8.94. The van der Waals surface area contributed by atoms with E-state index in [1.54, 1.807) is 19.1 Å². The minimum Gasteiger partial charge on any atom is -0.357 e. The summed E-state index contributed by atoms with van der Waals surface area (Å²) in [6.07, 6.45) is 3.81. The van der Waals surface area contributed by atoms with Gasteiger partial charge in [-0.3, -0.25) is 4.72 Å². The molecule has 0 unspecified atom stereocenters. The van der Waals surface area contributed by atoms with E-state index in [9.17, 15) is 12.8 Å². The number of rotatable bonds is 4. The van der Waals surface area contributed by atoms with Crippen molar-refractivity contribution in [3.05, 3.63) is 47.9 Å². The Bertz CT molecular complexity index is 801. The number of nitrogens with zero attached hydrogens (tertiary/aromatic N) is 2. The first-order chi connectivity index (χ1) is 11.0. The maximum Gasteiger partial charge on any atom is 0.262 e. The van der Waals surface area contributed by atoms with Gasteiger partial charge in [-0.1, -0.05) is 0 Å². The molecule has 0 spiro atoms. The molecular formula is C16H18FN3O2S. The molecule has 0 atom stereocenters. The fraction of sp³-hybridized carbons (Fsp3) is 0.312. The van der Waals surface area contributed by atoms with Gasteiger partial charge in [0.2, 0.25) is 0 Å². The van der Waals surface area contributed by atoms with Crippen molar-refractivity contribution in [3.8, 4) is 0 Å². The molecule has 3 rings (SSSR count). The number of nitrogens with one attached hydrogen (secondary N) is 1. The van der Waals surface area contributed by atoms with Gasteiger partial charge in [-0.25, -0.2) is 17.8 Å². The number of hydrogen-bond donors (Lipinski definition) is 1. The molecule has 1 aliphatic rings. The van der Waals surface area contributed by atoms with Gasteiger partial charge in [0.15, 0.2) is 0 Å². The van der Waals surface area contributed by atoms with Crippen LogP contribution in [-0.4, -0.2) is 26.5 Å². The Morgan fingerprint density at radius 1 is 1.17 bits per heavy atom. The highest BCUT2D eigenvalue weighted by Crippen LogP contribution is 2.22. The molecule has 1 aromatic carbocycles. The lowest BCUT2D eigenvalue weighted by Crippen LogP contribution is -2.19. The van der Waals surface area contributed by atoms with Crippen molar-refractivity contribution in [2.75, 3.05) is 22.7 Å². The van der Waals surface area contributed by atoms with E-state index in [-0.39, 0.29) is 4.90 Å². The second kappa shape index (κ2) is 6.16. The van der Waals surface area contributed by atoms with Crippen LogP contribution in [0.25, 0.3) is 0 Å². The molecule has 0 aliphatic carbocycles. The highest BCUT2D eigenvalue weighted by Gasteiger charge is 2.18. The van der Waals surface area contributed by atoms with Gasteiger partial charge >= 0.3 is 0 Å². The van der Waals surface area contributed by atoms with Gasteiger partial charge in [-0.05, 0) is 55.7 Å². The lowest BCUT2D eigenvalue weighted by atomic mass is 10.2. The van der Waals surface area contributed by atoms with E-state index in [1.165, 1.54) is 18.3 Å². The zero-order chi connectivity index (χ0) is 16.4. The summed E-state index contributed by atoms with van der Waals surface area (Å²) in [6, 6.07) is 7.09. The fourth-order valence-electron chi connectivity index (χ4n) is 2.70. The third-order valence-corrected chi connectivity index (χ3v) is 5.40. The number of hydrogen-bond acceptors (Lipinski definition) is 4. The normalized spacial score (nSPS) is 15.0. The van der Waals surface area contributed by atoms with Crippen molar-refractivity contribution < 1.29 is 12.8 Å². The molecule has 0 amide bonds. The topological polar surface area (TPSA) is 62.3 Å². The van der Waals surface area contributed by atoms with E-state index in [0.29, 0.717) is 11.3 Å². The van der Waals surface area contributed by atoms with Crippen molar-refractivity contribution in [2.24, 2.45) is 0 Å². The number of pyridine rings is 1. The molecule has 122 valence electrons. The predicted molar refractivity (Wildman–Crippen MR) is 87.6 cm³/mol. The maximum absolute atomic E-state index is 13.1. The van der Waals surface area contributed by atoms with Gasteiger partial charge in [0, 0.05) is 13.1 Å². The lowest BCUT2D eigenvalue weighted by Gasteiger charge is -2.16. The number of sulfonamides is 1. The van der Waals surface area contributed by atoms with E-state index < -0.39 is 15.8 Å². The molecule has 0 saturated carbocycles. The zero-order valence-corrected chi connectivity index (χ0v) is 13.6. The summed E-state index contributed by atoms with van der Waals surface area (Å²) in [5.74, 6) is 0.390. The number of aryl methyl sites for hydroxylation is 1. The minimum atomic E-state index is -3.76. The molecule has 1 aliphatic heterocycles. The SMILES string of the molecule is Cc1cc(F)ccc1S(=O)(=O)Nc1ccc(N2CCCC2)nc1. The zero-order valence-electron chi connectivity index (χ0n) is 12.8. The second-order valence-corrected chi connectivity index (χ2v) is 7.27. The van der Waals surface area contributed by atoms with E-state index in [4.69, 9.17) is 0 Å². The van der Waals surface area contributed by atoms with Crippen LogP contribution in [0.5, 0.6) is 0 Å². The molecule has 7 heteroatoms. The first-order valence-electron chi connectivity index (χ1n) is 7.46. The van der Waals surface area contributed by atoms with Crippen molar-refractivity contribution in [1.82, 2.24) is 4.98 Å². The molecule has 1 saturated heterocycles. The van der Waals surface area contributed by atoms with Gasteiger partial charge in [-0.15, -0.1) is 0 Å². The van der Waals surface area contributed by atoms with Gasteiger partial charge in [0.05, 0.1) is 16.8 Å². The third-order valence-electron chi connectivity index (χ3n) is 3.86. The van der Waals surface area contributed by atoms with Crippen LogP contribution in [0, 0.1) is 12.7 Å². The molecule has 23 heavy (non-hydrogen) atoms. The Morgan fingerprint density at radius 2 is 1.91 bits per heavy atom. The van der Waals surface area contributed by atoms with E-state index >= 15 is 0 Å². The summed E-state index contributed by atoms with van der Waals surface area (Å²) in [5, 5.41) is 0. The molecule has 0 radical (unpaired) electrons. The number of aromatic nitrogens is 1. The van der Waals surface area contributed by atoms with Crippen LogP contribution in [0.4, 0.5) is 15.9 Å². The van der Waals surface area contributed by atoms with Gasteiger partial charge < -0.3 is 4.90 Å². The molecule has 0 bridgehead atoms. The van der Waals surface area contributed by atoms with Crippen LogP contribution >= 0.6 is 0 Å². The molecule has 1 fully saturated rings.